The Kier molecular flexibility index (Phi) is 5.94. The summed E-state index contributed by atoms with van der Waals surface area (Å²) < 4.78 is 16.6. The fourth-order valence-corrected chi connectivity index (χ4v) is 3.58. The van der Waals surface area contributed by atoms with Crippen molar-refractivity contribution in [3.63, 3.8) is 0 Å². The number of aryl methyl sites for hydroxylation is 1. The van der Waals surface area contributed by atoms with Crippen molar-refractivity contribution in [2.45, 2.75) is 13.8 Å². The molecule has 0 spiro atoms. The molecule has 0 aliphatic heterocycles. The number of benzene rings is 2. The maximum Gasteiger partial charge on any atom is 0.249 e. The number of ether oxygens (including phenoxy) is 2. The second-order valence-corrected chi connectivity index (χ2v) is 7.41. The van der Waals surface area contributed by atoms with Gasteiger partial charge in [-0.3, -0.25) is 4.79 Å². The van der Waals surface area contributed by atoms with Gasteiger partial charge in [0, 0.05) is 34.3 Å². The molecule has 0 bridgehead atoms. The SMILES string of the molecule is COc1ccc(-c2coc3cc(OC)c(/C(C)=C/C(=O)Nc4cccc(C)n4)cc23)cc1. The van der Waals surface area contributed by atoms with Gasteiger partial charge in [-0.25, -0.2) is 4.98 Å². The minimum absolute atomic E-state index is 0.259. The molecule has 0 fully saturated rings. The van der Waals surface area contributed by atoms with E-state index in [-0.39, 0.29) is 5.91 Å². The predicted octanol–water partition coefficient (Wildman–Crippen LogP) is 5.86. The average molecular weight is 428 g/mol. The van der Waals surface area contributed by atoms with E-state index in [2.05, 4.69) is 10.3 Å². The summed E-state index contributed by atoms with van der Waals surface area (Å²) in [6, 6.07) is 17.1. The molecular formula is C26H24N2O4. The van der Waals surface area contributed by atoms with Crippen LogP contribution in [0.5, 0.6) is 11.5 Å². The summed E-state index contributed by atoms with van der Waals surface area (Å²) in [5.74, 6) is 1.67. The fourth-order valence-electron chi connectivity index (χ4n) is 3.58. The van der Waals surface area contributed by atoms with Crippen molar-refractivity contribution < 1.29 is 18.7 Å². The molecule has 4 aromatic rings. The van der Waals surface area contributed by atoms with E-state index >= 15 is 0 Å². The molecule has 0 unspecified atom stereocenters. The number of fused-ring (bicyclic) bond motifs is 1. The Morgan fingerprint density at radius 1 is 1.06 bits per heavy atom. The van der Waals surface area contributed by atoms with Crippen molar-refractivity contribution in [2.75, 3.05) is 19.5 Å². The second-order valence-electron chi connectivity index (χ2n) is 7.41. The number of nitrogens with zero attached hydrogens (tertiary/aromatic N) is 1. The van der Waals surface area contributed by atoms with Crippen LogP contribution in [0, 0.1) is 6.92 Å². The number of nitrogens with one attached hydrogen (secondary N) is 1. The third-order valence-electron chi connectivity index (χ3n) is 5.21. The first-order chi connectivity index (χ1) is 15.5. The van der Waals surface area contributed by atoms with Crippen molar-refractivity contribution in [1.82, 2.24) is 4.98 Å². The Labute approximate surface area is 186 Å². The standard InChI is InChI=1S/C26H24N2O4/c1-16(12-26(29)28-25-7-5-6-17(2)27-25)20-13-21-22(15-32-24(21)14-23(20)31-4)18-8-10-19(30-3)11-9-18/h5-15H,1-4H3,(H,27,28,29)/b16-12+. The molecule has 32 heavy (non-hydrogen) atoms. The number of hydrogen-bond acceptors (Lipinski definition) is 5. The highest BCUT2D eigenvalue weighted by Crippen LogP contribution is 2.37. The van der Waals surface area contributed by atoms with Gasteiger partial charge in [-0.1, -0.05) is 18.2 Å². The summed E-state index contributed by atoms with van der Waals surface area (Å²) in [4.78, 5) is 16.9. The largest absolute Gasteiger partial charge is 0.497 e. The molecule has 0 saturated heterocycles. The normalized spacial score (nSPS) is 11.4. The second kappa shape index (κ2) is 8.98. The number of anilines is 1. The molecular weight excluding hydrogens is 404 g/mol. The van der Waals surface area contributed by atoms with Crippen LogP contribution >= 0.6 is 0 Å². The number of methoxy groups -OCH3 is 2. The van der Waals surface area contributed by atoms with Gasteiger partial charge in [-0.15, -0.1) is 0 Å². The topological polar surface area (TPSA) is 73.6 Å². The lowest BCUT2D eigenvalue weighted by Crippen LogP contribution is -2.10. The number of furan rings is 1. The minimum atomic E-state index is -0.259. The van der Waals surface area contributed by atoms with Gasteiger partial charge in [0.25, 0.3) is 0 Å². The number of aromatic nitrogens is 1. The molecule has 0 atom stereocenters. The zero-order valence-electron chi connectivity index (χ0n) is 18.4. The highest BCUT2D eigenvalue weighted by atomic mass is 16.5. The van der Waals surface area contributed by atoms with E-state index in [1.165, 1.54) is 0 Å². The van der Waals surface area contributed by atoms with Crippen LogP contribution in [0.4, 0.5) is 5.82 Å². The zero-order valence-corrected chi connectivity index (χ0v) is 18.4. The number of rotatable bonds is 6. The van der Waals surface area contributed by atoms with E-state index in [1.54, 1.807) is 32.6 Å². The van der Waals surface area contributed by atoms with Crippen molar-refractivity contribution in [1.29, 1.82) is 0 Å². The number of pyridine rings is 1. The Hall–Kier alpha value is -4.06. The van der Waals surface area contributed by atoms with Crippen molar-refractivity contribution in [2.24, 2.45) is 0 Å². The Morgan fingerprint density at radius 2 is 1.84 bits per heavy atom. The number of hydrogen-bond donors (Lipinski definition) is 1. The first-order valence-corrected chi connectivity index (χ1v) is 10.2. The van der Waals surface area contributed by atoms with Crippen LogP contribution in [0.15, 0.2) is 71.4 Å². The van der Waals surface area contributed by atoms with Crippen molar-refractivity contribution in [3.8, 4) is 22.6 Å². The lowest BCUT2D eigenvalue weighted by molar-refractivity contribution is -0.111. The summed E-state index contributed by atoms with van der Waals surface area (Å²) in [6.07, 6.45) is 3.27. The van der Waals surface area contributed by atoms with Gasteiger partial charge >= 0.3 is 0 Å². The maximum atomic E-state index is 12.6. The van der Waals surface area contributed by atoms with Crippen LogP contribution in [0.25, 0.3) is 27.7 Å². The van der Waals surface area contributed by atoms with E-state index in [4.69, 9.17) is 13.9 Å². The average Bonchev–Trinajstić information content (AvgIpc) is 3.21. The molecule has 6 heteroatoms. The van der Waals surface area contributed by atoms with Crippen LogP contribution in [0.1, 0.15) is 18.2 Å². The van der Waals surface area contributed by atoms with Gasteiger partial charge in [0.15, 0.2) is 0 Å². The minimum Gasteiger partial charge on any atom is -0.497 e. The summed E-state index contributed by atoms with van der Waals surface area (Å²) in [5.41, 5.74) is 5.07. The molecule has 4 rings (SSSR count). The van der Waals surface area contributed by atoms with Crippen LogP contribution in [-0.2, 0) is 4.79 Å². The van der Waals surface area contributed by atoms with Gasteiger partial charge < -0.3 is 19.2 Å². The summed E-state index contributed by atoms with van der Waals surface area (Å²) in [5, 5.41) is 3.73. The zero-order chi connectivity index (χ0) is 22.7. The van der Waals surface area contributed by atoms with Gasteiger partial charge in [0.2, 0.25) is 5.91 Å². The van der Waals surface area contributed by atoms with Crippen LogP contribution in [0.3, 0.4) is 0 Å². The van der Waals surface area contributed by atoms with Crippen LogP contribution in [-0.4, -0.2) is 25.1 Å². The van der Waals surface area contributed by atoms with Gasteiger partial charge in [0.05, 0.1) is 20.5 Å². The number of allylic oxidation sites excluding steroid dienone is 1. The molecule has 1 amide bonds. The highest BCUT2D eigenvalue weighted by molar-refractivity contribution is 6.05. The fraction of sp³-hybridized carbons (Fsp3) is 0.154. The monoisotopic (exact) mass is 428 g/mol. The Bertz CT molecular complexity index is 1300. The van der Waals surface area contributed by atoms with Gasteiger partial charge in [0.1, 0.15) is 22.9 Å². The molecule has 6 nitrogen and oxygen atoms in total. The van der Waals surface area contributed by atoms with E-state index in [1.807, 2.05) is 62.4 Å². The lowest BCUT2D eigenvalue weighted by atomic mass is 9.99. The third-order valence-corrected chi connectivity index (χ3v) is 5.21. The molecule has 0 aliphatic carbocycles. The highest BCUT2D eigenvalue weighted by Gasteiger charge is 2.15. The number of carbonyl (C=O) groups excluding carboxylic acids is 1. The molecule has 0 radical (unpaired) electrons. The number of carbonyl (C=O) groups is 1. The van der Waals surface area contributed by atoms with Crippen LogP contribution in [0.2, 0.25) is 0 Å². The molecule has 162 valence electrons. The molecule has 2 aromatic heterocycles. The molecule has 0 aliphatic rings. The quantitative estimate of drug-likeness (QED) is 0.389. The van der Waals surface area contributed by atoms with Crippen molar-refractivity contribution in [3.05, 3.63) is 78.2 Å². The first kappa shape index (κ1) is 21.2. The number of amides is 1. The Balaban J connectivity index is 1.70. The molecule has 0 saturated carbocycles. The first-order valence-electron chi connectivity index (χ1n) is 10.2. The molecule has 2 aromatic carbocycles. The van der Waals surface area contributed by atoms with Crippen molar-refractivity contribution >= 4 is 28.3 Å². The Morgan fingerprint density at radius 3 is 2.53 bits per heavy atom. The molecule has 2 heterocycles. The van der Waals surface area contributed by atoms with Crippen LogP contribution < -0.4 is 14.8 Å². The van der Waals surface area contributed by atoms with E-state index in [9.17, 15) is 4.79 Å². The summed E-state index contributed by atoms with van der Waals surface area (Å²) >= 11 is 0. The lowest BCUT2D eigenvalue weighted by Gasteiger charge is -2.10. The summed E-state index contributed by atoms with van der Waals surface area (Å²) in [6.45, 7) is 3.75. The van der Waals surface area contributed by atoms with E-state index < -0.39 is 0 Å². The van der Waals surface area contributed by atoms with E-state index in [0.717, 1.165) is 39.1 Å². The molecule has 1 N–H and O–H groups in total. The predicted molar refractivity (Wildman–Crippen MR) is 126 cm³/mol. The third kappa shape index (κ3) is 4.34. The maximum absolute atomic E-state index is 12.6. The van der Waals surface area contributed by atoms with Gasteiger partial charge in [-0.05, 0) is 55.3 Å². The van der Waals surface area contributed by atoms with E-state index in [0.29, 0.717) is 17.2 Å². The smallest absolute Gasteiger partial charge is 0.249 e. The van der Waals surface area contributed by atoms with Gasteiger partial charge in [-0.2, -0.15) is 0 Å². The summed E-state index contributed by atoms with van der Waals surface area (Å²) in [7, 11) is 3.24.